The summed E-state index contributed by atoms with van der Waals surface area (Å²) in [6.45, 7) is 4.53. The summed E-state index contributed by atoms with van der Waals surface area (Å²) in [4.78, 5) is 26.5. The van der Waals surface area contributed by atoms with Crippen LogP contribution in [-0.4, -0.2) is 28.9 Å². The maximum absolute atomic E-state index is 14.2. The van der Waals surface area contributed by atoms with Crippen LogP contribution in [0, 0.1) is 17.6 Å². The number of hydrogen-bond donors (Lipinski definition) is 3. The van der Waals surface area contributed by atoms with E-state index in [1.54, 1.807) is 24.4 Å². The summed E-state index contributed by atoms with van der Waals surface area (Å²) in [7, 11) is 0. The van der Waals surface area contributed by atoms with E-state index in [1.807, 2.05) is 18.2 Å². The Morgan fingerprint density at radius 1 is 1.06 bits per heavy atom. The first kappa shape index (κ1) is 26.7. The van der Waals surface area contributed by atoms with Crippen LogP contribution in [0.15, 0.2) is 60.0 Å². The summed E-state index contributed by atoms with van der Waals surface area (Å²) in [5.74, 6) is -5.99. The molecule has 3 aromatic rings. The van der Waals surface area contributed by atoms with Crippen molar-refractivity contribution in [1.82, 2.24) is 5.32 Å². The summed E-state index contributed by atoms with van der Waals surface area (Å²) < 4.78 is 28.3. The molecule has 2 aromatic carbocycles. The van der Waals surface area contributed by atoms with Gasteiger partial charge in [0, 0.05) is 25.1 Å². The number of aryl methyl sites for hydroxylation is 1. The molecule has 4 N–H and O–H groups in total. The average molecular weight is 501 g/mol. The molecule has 1 aromatic heterocycles. The largest absolute Gasteiger partial charge is 0.480 e. The molecule has 0 saturated heterocycles. The molecule has 0 radical (unpaired) electrons. The Morgan fingerprint density at radius 3 is 2.31 bits per heavy atom. The summed E-state index contributed by atoms with van der Waals surface area (Å²) in [5.41, 5.74) is 6.61. The van der Waals surface area contributed by atoms with Crippen LogP contribution in [0.25, 0.3) is 0 Å². The number of Topliss-reactive ketones (excluding diaryl/α,β-unsaturated/α-hetero) is 1. The van der Waals surface area contributed by atoms with Gasteiger partial charge in [0.25, 0.3) is 0 Å². The molecule has 0 fully saturated rings. The number of carbonyl (C=O) groups excluding carboxylic acids is 1. The molecule has 35 heavy (non-hydrogen) atoms. The van der Waals surface area contributed by atoms with Crippen molar-refractivity contribution >= 4 is 23.1 Å². The predicted octanol–water partition coefficient (Wildman–Crippen LogP) is 5.15. The molecule has 0 aliphatic heterocycles. The normalized spacial score (nSPS) is 14.8. The van der Waals surface area contributed by atoms with Gasteiger partial charge in [0.15, 0.2) is 5.78 Å². The molecule has 3 atom stereocenters. The van der Waals surface area contributed by atoms with Crippen LogP contribution in [0.2, 0.25) is 0 Å². The zero-order valence-corrected chi connectivity index (χ0v) is 20.6. The molecule has 8 heteroatoms. The molecule has 0 amide bonds. The van der Waals surface area contributed by atoms with Gasteiger partial charge in [0.05, 0.1) is 10.8 Å². The van der Waals surface area contributed by atoms with Crippen LogP contribution in [-0.2, 0) is 17.8 Å². The Kier molecular flexibility index (Phi) is 8.88. The Hall–Kier alpha value is -2.94. The molecule has 1 heterocycles. The van der Waals surface area contributed by atoms with Crippen LogP contribution in [0.4, 0.5) is 8.78 Å². The predicted molar refractivity (Wildman–Crippen MR) is 134 cm³/mol. The molecule has 3 rings (SSSR count). The zero-order chi connectivity index (χ0) is 25.6. The van der Waals surface area contributed by atoms with Crippen LogP contribution in [0.1, 0.15) is 52.5 Å². The average Bonchev–Trinajstić information content (AvgIpc) is 3.36. The lowest BCUT2D eigenvalue weighted by Crippen LogP contribution is -2.62. The molecule has 0 aliphatic rings. The van der Waals surface area contributed by atoms with Gasteiger partial charge >= 0.3 is 5.97 Å². The van der Waals surface area contributed by atoms with Crippen molar-refractivity contribution in [3.05, 3.63) is 93.2 Å². The molecular formula is C27H30F2N2O3S. The van der Waals surface area contributed by atoms with E-state index in [-0.39, 0.29) is 17.0 Å². The fourth-order valence-electron chi connectivity index (χ4n) is 4.48. The quantitative estimate of drug-likeness (QED) is 0.299. The van der Waals surface area contributed by atoms with Gasteiger partial charge in [0.2, 0.25) is 0 Å². The number of rotatable bonds is 12. The van der Waals surface area contributed by atoms with Gasteiger partial charge in [-0.05, 0) is 53.1 Å². The highest BCUT2D eigenvalue weighted by molar-refractivity contribution is 7.12. The third-order valence-corrected chi connectivity index (χ3v) is 7.26. The number of carboxylic acid groups (broad SMARTS) is 1. The Labute approximate surface area is 208 Å². The van der Waals surface area contributed by atoms with E-state index in [4.69, 9.17) is 5.73 Å². The Balaban J connectivity index is 1.98. The molecule has 0 saturated carbocycles. The fraction of sp³-hybridized carbons (Fsp3) is 0.333. The summed E-state index contributed by atoms with van der Waals surface area (Å²) in [6.07, 6.45) is 1.23. The number of nitrogens with two attached hydrogens (primary N) is 1. The van der Waals surface area contributed by atoms with E-state index >= 15 is 0 Å². The van der Waals surface area contributed by atoms with E-state index < -0.39 is 40.8 Å². The molecule has 5 nitrogen and oxygen atoms in total. The third-order valence-electron chi connectivity index (χ3n) is 6.38. The van der Waals surface area contributed by atoms with Crippen LogP contribution < -0.4 is 11.1 Å². The summed E-state index contributed by atoms with van der Waals surface area (Å²) >= 11 is 1.13. The number of halogens is 2. The highest BCUT2D eigenvalue weighted by Gasteiger charge is 2.52. The van der Waals surface area contributed by atoms with Crippen molar-refractivity contribution in [2.24, 2.45) is 11.7 Å². The first-order chi connectivity index (χ1) is 16.7. The van der Waals surface area contributed by atoms with Crippen molar-refractivity contribution in [3.63, 3.8) is 0 Å². The fourth-order valence-corrected chi connectivity index (χ4v) is 5.18. The van der Waals surface area contributed by atoms with Crippen molar-refractivity contribution in [1.29, 1.82) is 0 Å². The first-order valence-corrected chi connectivity index (χ1v) is 12.4. The molecule has 0 aliphatic carbocycles. The van der Waals surface area contributed by atoms with Crippen molar-refractivity contribution in [3.8, 4) is 0 Å². The first-order valence-electron chi connectivity index (χ1n) is 11.5. The lowest BCUT2D eigenvalue weighted by Gasteiger charge is -2.39. The molecule has 186 valence electrons. The van der Waals surface area contributed by atoms with E-state index in [0.717, 1.165) is 35.5 Å². The minimum Gasteiger partial charge on any atom is -0.480 e. The second kappa shape index (κ2) is 11.7. The third kappa shape index (κ3) is 6.01. The minimum absolute atomic E-state index is 0.0973. The van der Waals surface area contributed by atoms with E-state index in [1.165, 1.54) is 5.56 Å². The van der Waals surface area contributed by atoms with Gasteiger partial charge in [-0.3, -0.25) is 9.59 Å². The van der Waals surface area contributed by atoms with E-state index in [0.29, 0.717) is 19.0 Å². The van der Waals surface area contributed by atoms with E-state index in [2.05, 4.69) is 18.3 Å². The Bertz CT molecular complexity index is 1150. The maximum Gasteiger partial charge on any atom is 0.325 e. The minimum atomic E-state index is -2.12. The van der Waals surface area contributed by atoms with Crippen molar-refractivity contribution in [2.45, 2.75) is 44.7 Å². The van der Waals surface area contributed by atoms with Gasteiger partial charge in [-0.25, -0.2) is 8.78 Å². The molecule has 1 unspecified atom stereocenters. The second-order valence-electron chi connectivity index (χ2n) is 8.63. The Morgan fingerprint density at radius 2 is 1.74 bits per heavy atom. The van der Waals surface area contributed by atoms with Crippen LogP contribution in [0.5, 0.6) is 0 Å². The SMILES string of the molecule is CCc1cccc(CNC[C@@H](CC)[C@@](N)(C(=O)O)C(C(=O)c2cccs2)c2cc(F)cc(F)c2)c1. The van der Waals surface area contributed by atoms with E-state index in [9.17, 15) is 23.5 Å². The van der Waals surface area contributed by atoms with Gasteiger partial charge < -0.3 is 16.2 Å². The number of hydrogen-bond acceptors (Lipinski definition) is 5. The van der Waals surface area contributed by atoms with Crippen molar-refractivity contribution in [2.75, 3.05) is 6.54 Å². The maximum atomic E-state index is 14.2. The van der Waals surface area contributed by atoms with Gasteiger partial charge in [-0.15, -0.1) is 11.3 Å². The number of ketones is 1. The monoisotopic (exact) mass is 500 g/mol. The standard InChI is InChI=1S/C27H30F2N2O3S/c1-3-17-7-5-8-18(11-17)15-31-16-20(4-2)27(30,26(33)34)24(25(32)23-9-6-10-35-23)19-12-21(28)14-22(29)13-19/h5-14,20,24,31H,3-4,15-16,30H2,1-2H3,(H,33,34)/t20-,24?,27+/m1/s1. The van der Waals surface area contributed by atoms with Gasteiger partial charge in [-0.1, -0.05) is 44.2 Å². The van der Waals surface area contributed by atoms with Gasteiger partial charge in [0.1, 0.15) is 17.2 Å². The zero-order valence-electron chi connectivity index (χ0n) is 19.8. The molecule has 0 bridgehead atoms. The number of nitrogens with one attached hydrogen (secondary N) is 1. The number of thiophene rings is 1. The second-order valence-corrected chi connectivity index (χ2v) is 9.57. The van der Waals surface area contributed by atoms with Crippen molar-refractivity contribution < 1.29 is 23.5 Å². The number of aliphatic carboxylic acids is 1. The number of carboxylic acids is 1. The topological polar surface area (TPSA) is 92.4 Å². The molecular weight excluding hydrogens is 470 g/mol. The lowest BCUT2D eigenvalue weighted by atomic mass is 9.68. The number of carbonyl (C=O) groups is 2. The smallest absolute Gasteiger partial charge is 0.325 e. The number of benzene rings is 2. The van der Waals surface area contributed by atoms with Crippen LogP contribution in [0.3, 0.4) is 0 Å². The molecule has 0 spiro atoms. The van der Waals surface area contributed by atoms with Crippen LogP contribution >= 0.6 is 11.3 Å². The summed E-state index contributed by atoms with van der Waals surface area (Å²) in [5, 5.41) is 15.3. The van der Waals surface area contributed by atoms with Gasteiger partial charge in [-0.2, -0.15) is 0 Å². The highest BCUT2D eigenvalue weighted by Crippen LogP contribution is 2.38. The summed E-state index contributed by atoms with van der Waals surface area (Å²) in [6, 6.07) is 13.9. The lowest BCUT2D eigenvalue weighted by molar-refractivity contribution is -0.146. The highest BCUT2D eigenvalue weighted by atomic mass is 32.1.